The zero-order valence-electron chi connectivity index (χ0n) is 16.0. The van der Waals surface area contributed by atoms with E-state index in [1.54, 1.807) is 10.8 Å². The maximum atomic E-state index is 12.6. The molecule has 31 heavy (non-hydrogen) atoms. The number of carbonyl (C=O) groups excluding carboxylic acids is 3. The van der Waals surface area contributed by atoms with Gasteiger partial charge in [0.2, 0.25) is 5.91 Å². The Morgan fingerprint density at radius 2 is 2.00 bits per heavy atom. The van der Waals surface area contributed by atoms with Crippen LogP contribution in [0.4, 0.5) is 0 Å². The fraction of sp³-hybridized carbons (Fsp3) is 0.300. The van der Waals surface area contributed by atoms with Gasteiger partial charge in [-0.2, -0.15) is 0 Å². The van der Waals surface area contributed by atoms with Crippen molar-refractivity contribution in [3.05, 3.63) is 47.8 Å². The molecule has 3 heterocycles. The molecule has 2 atom stereocenters. The number of carbonyl (C=O) groups is 4. The quantitative estimate of drug-likeness (QED) is 0.367. The Hall–Kier alpha value is -2.27. The van der Waals surface area contributed by atoms with E-state index in [2.05, 4.69) is 5.32 Å². The molecule has 2 aliphatic heterocycles. The van der Waals surface area contributed by atoms with Crippen LogP contribution in [0.3, 0.4) is 0 Å². The topological polar surface area (TPSA) is 118 Å². The van der Waals surface area contributed by atoms with E-state index in [0.717, 1.165) is 15.8 Å². The molecule has 9 nitrogen and oxygen atoms in total. The van der Waals surface area contributed by atoms with Crippen LogP contribution in [0.5, 0.6) is 0 Å². The Morgan fingerprint density at radius 1 is 1.26 bits per heavy atom. The number of para-hydroxylation sites is 1. The van der Waals surface area contributed by atoms with Gasteiger partial charge in [-0.15, -0.1) is 11.8 Å². The van der Waals surface area contributed by atoms with Gasteiger partial charge < -0.3 is 19.7 Å². The van der Waals surface area contributed by atoms with Crippen molar-refractivity contribution in [1.29, 1.82) is 0 Å². The molecule has 2 aromatic rings. The third-order valence-electron chi connectivity index (χ3n) is 5.01. The summed E-state index contributed by atoms with van der Waals surface area (Å²) in [5.74, 6) is -2.33. The molecule has 2 unspecified atom stereocenters. The van der Waals surface area contributed by atoms with E-state index in [-0.39, 0.29) is 60.1 Å². The van der Waals surface area contributed by atoms with Crippen LogP contribution in [0, 0.1) is 0 Å². The number of aliphatic carboxylic acids is 1. The number of fused-ring (bicyclic) bond motifs is 2. The van der Waals surface area contributed by atoms with E-state index < -0.39 is 29.3 Å². The summed E-state index contributed by atoms with van der Waals surface area (Å²) in [6.07, 6.45) is 1.81. The Labute approximate surface area is 204 Å². The van der Waals surface area contributed by atoms with Crippen LogP contribution in [-0.4, -0.2) is 91.7 Å². The summed E-state index contributed by atoms with van der Waals surface area (Å²) in [7, 11) is 0. The van der Waals surface area contributed by atoms with Crippen molar-refractivity contribution in [2.24, 2.45) is 0 Å². The molecular formula is C20H20N3NaO6S. The third-order valence-corrected chi connectivity index (χ3v) is 6.35. The standard InChI is InChI=1S/C20H19N3O6S.Na.H/c1-11(24)29-9-13-10-30-19-16(18(26)23(19)17(13)20(27)28)21-15(25)8-22-7-6-12-4-2-3-5-14(12)22;;/h2-7,16,19H,8-10H2,1H3,(H,21,25)(H,27,28);;. The molecular weight excluding hydrogens is 433 g/mol. The molecule has 0 saturated carbocycles. The second kappa shape index (κ2) is 9.47. The number of β-lactam (4-membered cyclic amide) rings is 1. The van der Waals surface area contributed by atoms with Crippen LogP contribution in [0.1, 0.15) is 6.92 Å². The average molecular weight is 453 g/mol. The molecule has 1 aromatic carbocycles. The van der Waals surface area contributed by atoms with Crippen molar-refractivity contribution in [3.8, 4) is 0 Å². The molecule has 0 bridgehead atoms. The number of hydrogen-bond acceptors (Lipinski definition) is 6. The normalized spacial score (nSPS) is 19.9. The van der Waals surface area contributed by atoms with E-state index in [9.17, 15) is 24.3 Å². The van der Waals surface area contributed by atoms with Gasteiger partial charge in [-0.05, 0) is 17.5 Å². The first-order valence-corrected chi connectivity index (χ1v) is 10.3. The minimum atomic E-state index is -1.26. The van der Waals surface area contributed by atoms with Gasteiger partial charge in [-0.25, -0.2) is 4.79 Å². The second-order valence-electron chi connectivity index (χ2n) is 7.00. The molecule has 0 radical (unpaired) electrons. The van der Waals surface area contributed by atoms with Gasteiger partial charge in [-0.3, -0.25) is 19.3 Å². The number of hydrogen-bond donors (Lipinski definition) is 2. The number of esters is 1. The summed E-state index contributed by atoms with van der Waals surface area (Å²) < 4.78 is 6.70. The van der Waals surface area contributed by atoms with E-state index in [4.69, 9.17) is 4.74 Å². The summed E-state index contributed by atoms with van der Waals surface area (Å²) in [6.45, 7) is 1.10. The van der Waals surface area contributed by atoms with Gasteiger partial charge in [0.25, 0.3) is 5.91 Å². The predicted molar refractivity (Wildman–Crippen MR) is 115 cm³/mol. The van der Waals surface area contributed by atoms with Gasteiger partial charge >= 0.3 is 41.5 Å². The number of nitrogens with one attached hydrogen (secondary N) is 1. The van der Waals surface area contributed by atoms with Gasteiger partial charge in [0, 0.05) is 30.0 Å². The average Bonchev–Trinajstić information content (AvgIpc) is 3.12. The summed E-state index contributed by atoms with van der Waals surface area (Å²) >= 11 is 1.33. The van der Waals surface area contributed by atoms with Crippen molar-refractivity contribution >= 4 is 76.0 Å². The fourth-order valence-electron chi connectivity index (χ4n) is 3.64. The van der Waals surface area contributed by atoms with Crippen LogP contribution in [0.25, 0.3) is 10.9 Å². The van der Waals surface area contributed by atoms with Crippen LogP contribution < -0.4 is 5.32 Å². The molecule has 2 amide bonds. The summed E-state index contributed by atoms with van der Waals surface area (Å²) in [6, 6.07) is 8.76. The first kappa shape index (κ1) is 23.4. The summed E-state index contributed by atoms with van der Waals surface area (Å²) in [5, 5.41) is 12.8. The molecule has 0 spiro atoms. The van der Waals surface area contributed by atoms with Crippen LogP contribution in [0.2, 0.25) is 0 Å². The number of carboxylic acid groups (broad SMARTS) is 1. The molecule has 2 N–H and O–H groups in total. The maximum absolute atomic E-state index is 12.6. The number of benzene rings is 1. The summed E-state index contributed by atoms with van der Waals surface area (Å²) in [4.78, 5) is 49.1. The minimum absolute atomic E-state index is 0. The van der Waals surface area contributed by atoms with Gasteiger partial charge in [0.1, 0.15) is 30.3 Å². The molecule has 11 heteroatoms. The zero-order valence-corrected chi connectivity index (χ0v) is 16.8. The van der Waals surface area contributed by atoms with Gasteiger partial charge in [0.15, 0.2) is 0 Å². The van der Waals surface area contributed by atoms with Crippen LogP contribution in [-0.2, 0) is 30.5 Å². The third kappa shape index (κ3) is 4.52. The molecule has 4 rings (SSSR count). The van der Waals surface area contributed by atoms with E-state index >= 15 is 0 Å². The zero-order chi connectivity index (χ0) is 21.4. The van der Waals surface area contributed by atoms with E-state index in [1.807, 2.05) is 30.3 Å². The number of rotatable bonds is 6. The first-order chi connectivity index (χ1) is 14.4. The van der Waals surface area contributed by atoms with Gasteiger partial charge in [0.05, 0.1) is 0 Å². The number of nitrogens with zero attached hydrogens (tertiary/aromatic N) is 2. The van der Waals surface area contributed by atoms with Gasteiger partial charge in [-0.1, -0.05) is 18.2 Å². The second-order valence-corrected chi connectivity index (χ2v) is 8.10. The Bertz CT molecular complexity index is 1100. The number of ether oxygens (including phenoxy) is 1. The van der Waals surface area contributed by atoms with Crippen LogP contribution >= 0.6 is 11.8 Å². The SMILES string of the molecule is CC(=O)OCC1=C(C(=O)O)N2C(=O)C(NC(=O)Cn3ccc4ccccc43)C2SC1.[NaH]. The molecule has 0 aliphatic carbocycles. The molecule has 2 aliphatic rings. The Kier molecular flexibility index (Phi) is 7.15. The first-order valence-electron chi connectivity index (χ1n) is 9.23. The number of thioether (sulfide) groups is 1. The van der Waals surface area contributed by atoms with Crippen molar-refractivity contribution in [2.45, 2.75) is 24.9 Å². The number of amides is 2. The van der Waals surface area contributed by atoms with Crippen molar-refractivity contribution in [2.75, 3.05) is 12.4 Å². The monoisotopic (exact) mass is 453 g/mol. The van der Waals surface area contributed by atoms with E-state index in [0.29, 0.717) is 5.57 Å². The fourth-order valence-corrected chi connectivity index (χ4v) is 4.96. The van der Waals surface area contributed by atoms with Crippen molar-refractivity contribution < 1.29 is 29.0 Å². The molecule has 1 fully saturated rings. The van der Waals surface area contributed by atoms with Crippen LogP contribution in [0.15, 0.2) is 47.8 Å². The Balaban J connectivity index is 0.00000272. The Morgan fingerprint density at radius 3 is 2.71 bits per heavy atom. The van der Waals surface area contributed by atoms with Crippen molar-refractivity contribution in [1.82, 2.24) is 14.8 Å². The summed E-state index contributed by atoms with van der Waals surface area (Å²) in [5.41, 5.74) is 1.09. The molecule has 1 aromatic heterocycles. The predicted octanol–water partition coefficient (Wildman–Crippen LogP) is 0.295. The number of carboxylic acids is 1. The van der Waals surface area contributed by atoms with E-state index in [1.165, 1.54) is 18.7 Å². The molecule has 158 valence electrons. The number of aromatic nitrogens is 1. The molecule has 1 saturated heterocycles. The van der Waals surface area contributed by atoms with Crippen molar-refractivity contribution in [3.63, 3.8) is 0 Å².